The largest absolute Gasteiger partial charge is 0.469 e. The van der Waals surface area contributed by atoms with E-state index in [-0.39, 0.29) is 30.2 Å². The van der Waals surface area contributed by atoms with Gasteiger partial charge in [-0.1, -0.05) is 0 Å². The van der Waals surface area contributed by atoms with E-state index in [0.29, 0.717) is 50.6 Å². The number of hydrogen-bond acceptors (Lipinski definition) is 5. The third-order valence-corrected chi connectivity index (χ3v) is 5.50. The Balaban J connectivity index is 1.58. The first-order chi connectivity index (χ1) is 13.5. The van der Waals surface area contributed by atoms with E-state index in [1.807, 2.05) is 0 Å². The molecular formula is C20H29N3O5. The molecule has 2 aliphatic rings. The first kappa shape index (κ1) is 20.4. The topological polar surface area (TPSA) is 83.3 Å². The molecule has 3 heterocycles. The van der Waals surface area contributed by atoms with Gasteiger partial charge in [-0.2, -0.15) is 0 Å². The van der Waals surface area contributed by atoms with E-state index in [1.165, 1.54) is 6.26 Å². The van der Waals surface area contributed by atoms with Crippen LogP contribution in [-0.4, -0.2) is 84.4 Å². The van der Waals surface area contributed by atoms with Crippen LogP contribution in [0.4, 0.5) is 0 Å². The van der Waals surface area contributed by atoms with Crippen LogP contribution in [0.1, 0.15) is 42.3 Å². The monoisotopic (exact) mass is 391 g/mol. The minimum absolute atomic E-state index is 0.0113. The zero-order valence-corrected chi connectivity index (χ0v) is 16.7. The van der Waals surface area contributed by atoms with E-state index >= 15 is 0 Å². The van der Waals surface area contributed by atoms with Crippen molar-refractivity contribution < 1.29 is 23.5 Å². The molecule has 0 radical (unpaired) electrons. The molecule has 3 amide bonds. The number of ether oxygens (including phenoxy) is 1. The quantitative estimate of drug-likeness (QED) is 0.730. The molecule has 2 aliphatic heterocycles. The van der Waals surface area contributed by atoms with Gasteiger partial charge >= 0.3 is 0 Å². The van der Waals surface area contributed by atoms with Gasteiger partial charge in [0.05, 0.1) is 17.9 Å². The molecule has 8 nitrogen and oxygen atoms in total. The van der Waals surface area contributed by atoms with E-state index in [0.717, 1.165) is 19.4 Å². The molecule has 154 valence electrons. The number of nitrogens with zero attached hydrogens (tertiary/aromatic N) is 3. The molecule has 1 atom stereocenters. The summed E-state index contributed by atoms with van der Waals surface area (Å²) in [6, 6.07) is 1.67. The van der Waals surface area contributed by atoms with Crippen molar-refractivity contribution in [1.29, 1.82) is 0 Å². The van der Waals surface area contributed by atoms with Gasteiger partial charge in [-0.3, -0.25) is 14.4 Å². The highest BCUT2D eigenvalue weighted by atomic mass is 16.5. The van der Waals surface area contributed by atoms with Gasteiger partial charge in [-0.15, -0.1) is 0 Å². The molecule has 0 N–H and O–H groups in total. The standard InChI is InChI=1S/C20H29N3O5/c1-15-18(6-13-27-15)20(26)23(14-17-4-3-12-28-17)7-5-19(25)22-10-8-21(9-11-22)16(2)24/h6,13,17H,3-5,7-12,14H2,1-2H3. The summed E-state index contributed by atoms with van der Waals surface area (Å²) in [6.07, 6.45) is 3.71. The maximum Gasteiger partial charge on any atom is 0.257 e. The van der Waals surface area contributed by atoms with Crippen LogP contribution in [0.15, 0.2) is 16.7 Å². The number of hydrogen-bond donors (Lipinski definition) is 0. The van der Waals surface area contributed by atoms with Crippen LogP contribution in [0.5, 0.6) is 0 Å². The lowest BCUT2D eigenvalue weighted by Gasteiger charge is -2.34. The van der Waals surface area contributed by atoms with Crippen molar-refractivity contribution in [3.63, 3.8) is 0 Å². The molecule has 2 fully saturated rings. The van der Waals surface area contributed by atoms with Gasteiger partial charge in [0.25, 0.3) is 5.91 Å². The molecule has 0 bridgehead atoms. The highest BCUT2D eigenvalue weighted by molar-refractivity contribution is 5.95. The van der Waals surface area contributed by atoms with Gasteiger partial charge in [0.15, 0.2) is 0 Å². The lowest BCUT2D eigenvalue weighted by atomic mass is 10.1. The molecular weight excluding hydrogens is 362 g/mol. The fraction of sp³-hybridized carbons (Fsp3) is 0.650. The maximum atomic E-state index is 13.0. The van der Waals surface area contributed by atoms with Crippen molar-refractivity contribution in [2.24, 2.45) is 0 Å². The molecule has 0 saturated carbocycles. The van der Waals surface area contributed by atoms with Crippen LogP contribution in [0.25, 0.3) is 0 Å². The van der Waals surface area contributed by atoms with Crippen LogP contribution in [0, 0.1) is 6.92 Å². The van der Waals surface area contributed by atoms with Crippen LogP contribution >= 0.6 is 0 Å². The first-order valence-electron chi connectivity index (χ1n) is 9.94. The van der Waals surface area contributed by atoms with Crippen LogP contribution in [-0.2, 0) is 14.3 Å². The Bertz CT molecular complexity index is 702. The summed E-state index contributed by atoms with van der Waals surface area (Å²) < 4.78 is 11.0. The average Bonchev–Trinajstić information content (AvgIpc) is 3.36. The van der Waals surface area contributed by atoms with Gasteiger partial charge < -0.3 is 23.9 Å². The minimum atomic E-state index is -0.129. The molecule has 0 aromatic carbocycles. The van der Waals surface area contributed by atoms with E-state index in [4.69, 9.17) is 9.15 Å². The number of carbonyl (C=O) groups is 3. The number of piperazine rings is 1. The summed E-state index contributed by atoms with van der Waals surface area (Å²) in [4.78, 5) is 42.2. The van der Waals surface area contributed by atoms with Gasteiger partial charge in [-0.25, -0.2) is 0 Å². The Morgan fingerprint density at radius 2 is 1.89 bits per heavy atom. The van der Waals surface area contributed by atoms with Crippen molar-refractivity contribution in [2.45, 2.75) is 39.2 Å². The Morgan fingerprint density at radius 3 is 2.46 bits per heavy atom. The SMILES string of the molecule is CC(=O)N1CCN(C(=O)CCN(CC2CCCO2)C(=O)c2ccoc2C)CC1. The molecule has 1 aromatic heterocycles. The zero-order valence-electron chi connectivity index (χ0n) is 16.7. The minimum Gasteiger partial charge on any atom is -0.469 e. The number of rotatable bonds is 6. The summed E-state index contributed by atoms with van der Waals surface area (Å²) in [7, 11) is 0. The third-order valence-electron chi connectivity index (χ3n) is 5.50. The van der Waals surface area contributed by atoms with Gasteiger partial charge in [0.1, 0.15) is 5.76 Å². The Hall–Kier alpha value is -2.35. The summed E-state index contributed by atoms with van der Waals surface area (Å²) in [5.41, 5.74) is 0.528. The summed E-state index contributed by atoms with van der Waals surface area (Å²) in [6.45, 7) is 7.06. The third kappa shape index (κ3) is 4.92. The first-order valence-corrected chi connectivity index (χ1v) is 9.94. The Labute approximate surface area is 165 Å². The highest BCUT2D eigenvalue weighted by Gasteiger charge is 2.27. The van der Waals surface area contributed by atoms with Crippen molar-refractivity contribution in [3.05, 3.63) is 23.7 Å². The molecule has 1 unspecified atom stereocenters. The number of amides is 3. The second kappa shape index (κ2) is 9.23. The van der Waals surface area contributed by atoms with Crippen molar-refractivity contribution in [3.8, 4) is 0 Å². The number of carbonyl (C=O) groups excluding carboxylic acids is 3. The lowest BCUT2D eigenvalue weighted by Crippen LogP contribution is -2.50. The van der Waals surface area contributed by atoms with Gasteiger partial charge in [-0.05, 0) is 25.8 Å². The zero-order chi connectivity index (χ0) is 20.1. The summed E-state index contributed by atoms with van der Waals surface area (Å²) in [5, 5.41) is 0. The van der Waals surface area contributed by atoms with Crippen LogP contribution < -0.4 is 0 Å². The fourth-order valence-electron chi connectivity index (χ4n) is 3.75. The van der Waals surface area contributed by atoms with Gasteiger partial charge in [0.2, 0.25) is 11.8 Å². The second-order valence-electron chi connectivity index (χ2n) is 7.41. The molecule has 3 rings (SSSR count). The normalized spacial score (nSPS) is 19.7. The smallest absolute Gasteiger partial charge is 0.257 e. The molecule has 0 spiro atoms. The van der Waals surface area contributed by atoms with Crippen molar-refractivity contribution in [1.82, 2.24) is 14.7 Å². The Morgan fingerprint density at radius 1 is 1.18 bits per heavy atom. The molecule has 28 heavy (non-hydrogen) atoms. The van der Waals surface area contributed by atoms with E-state index < -0.39 is 0 Å². The molecule has 1 aromatic rings. The molecule has 2 saturated heterocycles. The maximum absolute atomic E-state index is 13.0. The second-order valence-corrected chi connectivity index (χ2v) is 7.41. The van der Waals surface area contributed by atoms with E-state index in [9.17, 15) is 14.4 Å². The molecule has 0 aliphatic carbocycles. The van der Waals surface area contributed by atoms with E-state index in [1.54, 1.807) is 34.6 Å². The highest BCUT2D eigenvalue weighted by Crippen LogP contribution is 2.18. The average molecular weight is 391 g/mol. The Kier molecular flexibility index (Phi) is 6.72. The number of furan rings is 1. The van der Waals surface area contributed by atoms with Crippen LogP contribution in [0.3, 0.4) is 0 Å². The van der Waals surface area contributed by atoms with Crippen molar-refractivity contribution in [2.75, 3.05) is 45.9 Å². The van der Waals surface area contributed by atoms with E-state index in [2.05, 4.69) is 0 Å². The van der Waals surface area contributed by atoms with Crippen molar-refractivity contribution >= 4 is 17.7 Å². The van der Waals surface area contributed by atoms with Crippen LogP contribution in [0.2, 0.25) is 0 Å². The number of aryl methyl sites for hydroxylation is 1. The fourth-order valence-corrected chi connectivity index (χ4v) is 3.75. The molecule has 8 heteroatoms. The summed E-state index contributed by atoms with van der Waals surface area (Å²) >= 11 is 0. The predicted octanol–water partition coefficient (Wildman–Crippen LogP) is 1.29. The predicted molar refractivity (Wildman–Crippen MR) is 102 cm³/mol. The van der Waals surface area contributed by atoms with Gasteiger partial charge in [0, 0.05) is 59.2 Å². The summed E-state index contributed by atoms with van der Waals surface area (Å²) in [5.74, 6) is 0.498. The lowest BCUT2D eigenvalue weighted by molar-refractivity contribution is -0.138.